The first-order chi connectivity index (χ1) is 45.9. The average Bonchev–Trinajstić information content (AvgIpc) is 1.62. The van der Waals surface area contributed by atoms with Crippen molar-refractivity contribution in [3.05, 3.63) is 111 Å². The van der Waals surface area contributed by atoms with Crippen molar-refractivity contribution in [3.8, 4) is 0 Å². The van der Waals surface area contributed by atoms with E-state index in [0.717, 1.165) is 46.8 Å². The number of nitrogen functional groups attached to an aromatic ring is 3. The minimum absolute atomic E-state index is 0. The van der Waals surface area contributed by atoms with E-state index >= 15 is 0 Å². The quantitative estimate of drug-likeness (QED) is 0.0191. The Bertz CT molecular complexity index is 4260. The number of nitrogens with one attached hydrogen (secondary N) is 1. The number of ether oxygens (including phenoxy) is 3. The van der Waals surface area contributed by atoms with E-state index in [2.05, 4.69) is 170 Å². The van der Waals surface area contributed by atoms with Crippen LogP contribution in [0.3, 0.4) is 0 Å². The number of thiol groups is 1. The van der Waals surface area contributed by atoms with Crippen LogP contribution in [0.2, 0.25) is 0 Å². The van der Waals surface area contributed by atoms with Crippen LogP contribution in [-0.2, 0) is 130 Å². The standard InChI is InChI=1S/C19H22N6O5S2.C19H21N5O3S.C10H12IN5O3.C9H10S.C2H6.2HPS.2Ti/c20-17-16-18(22-9-21-17)25(15-7-13(26)14(30-15)8-23-32(27,28)29)24-19(16)31-12-5-4-10-2-1-3-11(10)6-12;20-17-16-18(22-9-21-17)24(15-7-13(26)14(8-25)27-15)23-19(16)28-12-5-4-10-2-1-3-11(10)6-12;11-8-7-9(12)13-3-14-10(7)16(15-8)6-1-4(18)5(2-17)19-6;10-9-5-4-7-2-1-3-8(7)6-9;3*1-2;;/h4-6,9,13-15,23,26H,1-3,7-8H2,(H2,20,21,22)(H,27,28,29);4-6,9,13-15,25-26H,1-3,7-8H2,(H2,20,21,22);3-6,17-18H,1-2H2,(H2,12,13,14);4-6,10H,1-3H2;1-2H3;2*1H;;/t2*13-,14+,15+;4-,5+,6+;;;;;;/m000....../s1. The molecule has 9 aromatic rings. The van der Waals surface area contributed by atoms with Crippen LogP contribution < -0.4 is 21.9 Å². The number of aliphatic hydroxyl groups is 5. The first-order valence-electron chi connectivity index (χ1n) is 30.3. The number of benzene rings is 3. The van der Waals surface area contributed by atoms with Gasteiger partial charge in [-0.3, -0.25) is 4.55 Å². The van der Waals surface area contributed by atoms with Crippen molar-refractivity contribution in [2.45, 2.75) is 171 Å². The molecule has 0 bridgehead atoms. The van der Waals surface area contributed by atoms with E-state index in [0.29, 0.717) is 71.3 Å². The summed E-state index contributed by atoms with van der Waals surface area (Å²) in [7, 11) is 0.715. The summed E-state index contributed by atoms with van der Waals surface area (Å²) in [6, 6.07) is 19.4. The fourth-order valence-corrected chi connectivity index (χ4v) is 15.3. The van der Waals surface area contributed by atoms with Crippen LogP contribution in [0.15, 0.2) is 98.3 Å². The summed E-state index contributed by atoms with van der Waals surface area (Å²) >= 11 is 17.1. The molecule has 3 fully saturated rings. The predicted molar refractivity (Wildman–Crippen MR) is 383 cm³/mol. The van der Waals surface area contributed by atoms with Crippen molar-refractivity contribution < 1.29 is 96.1 Å². The van der Waals surface area contributed by atoms with Crippen molar-refractivity contribution in [1.82, 2.24) is 64.0 Å². The molecule has 9 heterocycles. The molecule has 3 aliphatic heterocycles. The van der Waals surface area contributed by atoms with Gasteiger partial charge < -0.3 is 56.9 Å². The zero-order chi connectivity index (χ0) is 68.3. The molecule has 6 aromatic heterocycles. The molecule has 3 saturated heterocycles. The van der Waals surface area contributed by atoms with Gasteiger partial charge in [0, 0.05) is 83.9 Å². The first-order valence-corrected chi connectivity index (χ1v) is 38.1. The molecule has 0 unspecified atom stereocenters. The molecule has 0 radical (unpaired) electrons. The molecular weight excluding hydrogens is 1590 g/mol. The maximum Gasteiger partial charge on any atom is 0.333 e. The number of anilines is 3. The molecule has 15 rings (SSSR count). The second kappa shape index (κ2) is 37.6. The Morgan fingerprint density at radius 1 is 0.567 bits per heavy atom. The first kappa shape index (κ1) is 80.8. The third kappa shape index (κ3) is 19.4. The number of hydrogen-bond donors (Lipinski definition) is 11. The third-order valence-corrected chi connectivity index (χ3v) is 19.9. The van der Waals surface area contributed by atoms with E-state index in [1.807, 2.05) is 18.6 Å². The molecule has 0 amide bonds. The van der Waals surface area contributed by atoms with Gasteiger partial charge in [0.1, 0.15) is 62.4 Å². The molecule has 0 saturated carbocycles. The number of fused-ring (bicyclic) bond motifs is 6. The van der Waals surface area contributed by atoms with Crippen molar-refractivity contribution in [2.75, 3.05) is 37.0 Å². The largest absolute Gasteiger partial charge is 0.394 e. The van der Waals surface area contributed by atoms with Gasteiger partial charge in [-0.1, -0.05) is 79.2 Å². The molecule has 27 nitrogen and oxygen atoms in total. The van der Waals surface area contributed by atoms with E-state index in [-0.39, 0.29) is 75.4 Å². The summed E-state index contributed by atoms with van der Waals surface area (Å²) in [5.74, 6) is 1.00. The van der Waals surface area contributed by atoms with E-state index in [4.69, 9.17) is 46.2 Å². The molecule has 38 heteroatoms. The van der Waals surface area contributed by atoms with Crippen LogP contribution in [0.1, 0.15) is 104 Å². The van der Waals surface area contributed by atoms with Crippen LogP contribution >= 0.6 is 74.8 Å². The van der Waals surface area contributed by atoms with Crippen LogP contribution in [0.4, 0.5) is 17.5 Å². The number of nitrogens with zero attached hydrogens (tertiary/aromatic N) is 12. The smallest absolute Gasteiger partial charge is 0.333 e. The summed E-state index contributed by atoms with van der Waals surface area (Å²) in [6.45, 7) is 3.25. The van der Waals surface area contributed by atoms with Gasteiger partial charge in [-0.05, 0) is 166 Å². The summed E-state index contributed by atoms with van der Waals surface area (Å²) in [5.41, 5.74) is 28.3. The zero-order valence-electron chi connectivity index (χ0n) is 52.4. The number of rotatable bonds is 12. The molecule has 97 heavy (non-hydrogen) atoms. The van der Waals surface area contributed by atoms with Gasteiger partial charge >= 0.3 is 10.3 Å². The Balaban J connectivity index is 0.000000186. The second-order valence-electron chi connectivity index (χ2n) is 22.2. The number of aromatic nitrogens is 12. The van der Waals surface area contributed by atoms with Crippen molar-refractivity contribution in [1.29, 1.82) is 0 Å². The normalized spacial score (nSPS) is 21.6. The zero-order valence-corrected chi connectivity index (χ0v) is 64.7. The summed E-state index contributed by atoms with van der Waals surface area (Å²) < 4.78 is 55.4. The predicted octanol–water partition coefficient (Wildman–Crippen LogP) is 7.10. The van der Waals surface area contributed by atoms with E-state index in [1.54, 1.807) is 14.0 Å². The Hall–Kier alpha value is -3.49. The average molecular weight is 1660 g/mol. The minimum atomic E-state index is -4.40. The van der Waals surface area contributed by atoms with Gasteiger partial charge in [0.05, 0.1) is 53.8 Å². The van der Waals surface area contributed by atoms with Gasteiger partial charge in [0.2, 0.25) is 0 Å². The molecule has 3 aliphatic carbocycles. The number of halogens is 1. The van der Waals surface area contributed by atoms with Crippen molar-refractivity contribution in [2.24, 2.45) is 0 Å². The van der Waals surface area contributed by atoms with E-state index in [9.17, 15) is 28.8 Å². The number of nitrogens with two attached hydrogens (primary N) is 3. The topological polar surface area (TPSA) is 404 Å². The molecular formula is C59H73IN16O11P2S6Ti2. The Labute approximate surface area is 631 Å². The van der Waals surface area contributed by atoms with E-state index in [1.165, 1.54) is 102 Å². The number of aryl methyl sites for hydroxylation is 6. The third-order valence-electron chi connectivity index (χ3n) is 16.4. The molecule has 6 aliphatic rings. The van der Waals surface area contributed by atoms with E-state index < -0.39 is 65.6 Å². The van der Waals surface area contributed by atoms with Crippen LogP contribution in [-0.4, -0.2) is 154 Å². The molecule has 13 N–H and O–H groups in total. The maximum absolute atomic E-state index is 11.0. The number of aliphatic hydroxyl groups excluding tert-OH is 5. The molecule has 3 aromatic carbocycles. The second-order valence-corrected chi connectivity index (χ2v) is 27.1. The van der Waals surface area contributed by atoms with Crippen LogP contribution in [0.25, 0.3) is 33.1 Å². The molecule has 9 atom stereocenters. The van der Waals surface area contributed by atoms with Gasteiger partial charge in [-0.2, -0.15) is 28.4 Å². The van der Waals surface area contributed by atoms with Gasteiger partial charge in [-0.25, -0.2) is 43.9 Å². The Morgan fingerprint density at radius 2 is 0.918 bits per heavy atom. The molecule has 0 spiro atoms. The Kier molecular flexibility index (Phi) is 31.3. The summed E-state index contributed by atoms with van der Waals surface area (Å²) in [5, 5.41) is 65.6. The fraction of sp³-hybridized carbons (Fsp3) is 0.441. The summed E-state index contributed by atoms with van der Waals surface area (Å²) in [6.07, 6.45) is 9.41. The fourth-order valence-electron chi connectivity index (χ4n) is 11.9. The Morgan fingerprint density at radius 3 is 1.32 bits per heavy atom. The SMILES string of the molecule is CC.Nc1ncnc2c1c(I)nn2[C@H]1C[C@H](O)[C@@H](CO)O1.Nc1ncnc2c1c(Sc1ccc3c(c1)CCC3)nn2[C@H]1C[C@H](O)[C@@H](CNS(=O)(=O)O)O1.Nc1ncnc2c1c(Sc1ccc3c(c1)CCC3)nn2[C@H]1C[C@H](O)[C@@H](CO)O1.P=S.P=S.Sc1ccc2c(c1)CCC2.[Ti].[Ti]. The maximum atomic E-state index is 11.0. The summed E-state index contributed by atoms with van der Waals surface area (Å²) in [4.78, 5) is 28.2. The van der Waals surface area contributed by atoms with Gasteiger partial charge in [0.15, 0.2) is 35.6 Å². The van der Waals surface area contributed by atoms with Gasteiger partial charge in [0.25, 0.3) is 0 Å². The minimum Gasteiger partial charge on any atom is -0.394 e. The van der Waals surface area contributed by atoms with Crippen molar-refractivity contribution >= 4 is 159 Å². The van der Waals surface area contributed by atoms with Gasteiger partial charge in [-0.15, -0.1) is 12.6 Å². The van der Waals surface area contributed by atoms with Crippen molar-refractivity contribution in [3.63, 3.8) is 0 Å². The molecule has 516 valence electrons. The van der Waals surface area contributed by atoms with Crippen LogP contribution in [0, 0.1) is 3.70 Å². The number of hydrogen-bond acceptors (Lipinski definition) is 27. The van der Waals surface area contributed by atoms with Crippen LogP contribution in [0.5, 0.6) is 0 Å². The monoisotopic (exact) mass is 1660 g/mol.